The number of aliphatic carboxylic acids is 1. The average molecular weight is 377 g/mol. The van der Waals surface area contributed by atoms with Crippen LogP contribution in [0, 0.1) is 0 Å². The number of carboxylic acids is 1. The summed E-state index contributed by atoms with van der Waals surface area (Å²) in [5, 5.41) is 12.3. The largest absolute Gasteiger partial charge is 0.480 e. The Balaban J connectivity index is 1.72. The van der Waals surface area contributed by atoms with Gasteiger partial charge in [-0.2, -0.15) is 0 Å². The quantitative estimate of drug-likeness (QED) is 0.612. The van der Waals surface area contributed by atoms with Crippen LogP contribution >= 0.6 is 24.0 Å². The topological polar surface area (TPSA) is 72.9 Å². The number of amides is 1. The Bertz CT molecular complexity index is 710. The van der Waals surface area contributed by atoms with Crippen LogP contribution in [0.3, 0.4) is 0 Å². The van der Waals surface area contributed by atoms with Gasteiger partial charge in [-0.3, -0.25) is 14.5 Å². The standard InChI is InChI=1S/C17H19N3O3S2/c21-15(22)11-20-16(23)14(25-17(20)24)10-12-2-4-13(5-3-12)19-8-1-6-18-7-9-19/h2-5,10,18H,1,6-9,11H2,(H,21,22)/b14-10-. The predicted molar refractivity (Wildman–Crippen MR) is 104 cm³/mol. The van der Waals surface area contributed by atoms with Crippen molar-refractivity contribution >= 4 is 51.9 Å². The van der Waals surface area contributed by atoms with Crippen molar-refractivity contribution < 1.29 is 14.7 Å². The summed E-state index contributed by atoms with van der Waals surface area (Å²) in [6.07, 6.45) is 2.88. The second-order valence-electron chi connectivity index (χ2n) is 5.84. The Morgan fingerprint density at radius 2 is 2.04 bits per heavy atom. The second kappa shape index (κ2) is 7.99. The lowest BCUT2D eigenvalue weighted by Crippen LogP contribution is -2.33. The second-order valence-corrected chi connectivity index (χ2v) is 7.52. The Morgan fingerprint density at radius 3 is 2.76 bits per heavy atom. The smallest absolute Gasteiger partial charge is 0.323 e. The van der Waals surface area contributed by atoms with Gasteiger partial charge in [0.25, 0.3) is 5.91 Å². The zero-order valence-corrected chi connectivity index (χ0v) is 15.2. The molecule has 2 saturated heterocycles. The number of nitrogens with one attached hydrogen (secondary N) is 1. The SMILES string of the molecule is O=C(O)CN1C(=O)/C(=C/c2ccc(N3CCCNCC3)cc2)SC1=S. The fourth-order valence-corrected chi connectivity index (χ4v) is 4.06. The lowest BCUT2D eigenvalue weighted by atomic mass is 10.1. The van der Waals surface area contributed by atoms with Crippen molar-refractivity contribution in [3.63, 3.8) is 0 Å². The minimum atomic E-state index is -1.08. The van der Waals surface area contributed by atoms with Gasteiger partial charge in [0.15, 0.2) is 0 Å². The number of carboxylic acid groups (broad SMARTS) is 1. The zero-order valence-electron chi connectivity index (χ0n) is 13.6. The maximum Gasteiger partial charge on any atom is 0.323 e. The molecule has 0 bridgehead atoms. The maximum absolute atomic E-state index is 12.3. The first-order valence-corrected chi connectivity index (χ1v) is 9.30. The predicted octanol–water partition coefficient (Wildman–Crippen LogP) is 1.77. The van der Waals surface area contributed by atoms with Gasteiger partial charge in [0.05, 0.1) is 4.91 Å². The molecule has 0 unspecified atom stereocenters. The summed E-state index contributed by atoms with van der Waals surface area (Å²) >= 11 is 6.24. The van der Waals surface area contributed by atoms with Gasteiger partial charge in [0.1, 0.15) is 10.9 Å². The third-order valence-electron chi connectivity index (χ3n) is 4.06. The van der Waals surface area contributed by atoms with E-state index >= 15 is 0 Å². The number of thiocarbonyl (C=S) groups is 1. The number of anilines is 1. The van der Waals surface area contributed by atoms with E-state index in [1.165, 1.54) is 5.69 Å². The average Bonchev–Trinajstić information content (AvgIpc) is 2.79. The monoisotopic (exact) mass is 377 g/mol. The van der Waals surface area contributed by atoms with E-state index in [4.69, 9.17) is 17.3 Å². The van der Waals surface area contributed by atoms with Crippen LogP contribution in [-0.4, -0.2) is 58.9 Å². The minimum absolute atomic E-state index is 0.285. The van der Waals surface area contributed by atoms with E-state index in [1.54, 1.807) is 6.08 Å². The molecule has 0 spiro atoms. The summed E-state index contributed by atoms with van der Waals surface area (Å²) in [7, 11) is 0. The first kappa shape index (κ1) is 17.9. The van der Waals surface area contributed by atoms with E-state index in [-0.39, 0.29) is 10.2 Å². The summed E-state index contributed by atoms with van der Waals surface area (Å²) in [6, 6.07) is 8.04. The van der Waals surface area contributed by atoms with Crippen LogP contribution < -0.4 is 10.2 Å². The summed E-state index contributed by atoms with van der Waals surface area (Å²) in [5.74, 6) is -1.42. The van der Waals surface area contributed by atoms with Crippen LogP contribution in [0.2, 0.25) is 0 Å². The number of nitrogens with zero attached hydrogens (tertiary/aromatic N) is 2. The molecular weight excluding hydrogens is 358 g/mol. The molecule has 132 valence electrons. The van der Waals surface area contributed by atoms with Gasteiger partial charge in [0, 0.05) is 25.3 Å². The highest BCUT2D eigenvalue weighted by atomic mass is 32.2. The van der Waals surface area contributed by atoms with Crippen LogP contribution in [0.4, 0.5) is 5.69 Å². The molecule has 0 saturated carbocycles. The molecule has 2 aliphatic heterocycles. The third-order valence-corrected chi connectivity index (χ3v) is 5.44. The molecule has 0 atom stereocenters. The third kappa shape index (κ3) is 4.39. The van der Waals surface area contributed by atoms with Gasteiger partial charge in [-0.05, 0) is 36.7 Å². The fourth-order valence-electron chi connectivity index (χ4n) is 2.81. The van der Waals surface area contributed by atoms with Crippen LogP contribution in [0.1, 0.15) is 12.0 Å². The molecule has 2 N–H and O–H groups in total. The highest BCUT2D eigenvalue weighted by molar-refractivity contribution is 8.26. The van der Waals surface area contributed by atoms with Gasteiger partial charge < -0.3 is 15.3 Å². The number of hydrogen-bond acceptors (Lipinski definition) is 6. The highest BCUT2D eigenvalue weighted by Gasteiger charge is 2.33. The van der Waals surface area contributed by atoms with Crippen LogP contribution in [0.15, 0.2) is 29.2 Å². The van der Waals surface area contributed by atoms with Gasteiger partial charge in [0.2, 0.25) is 0 Å². The Hall–Kier alpha value is -1.90. The maximum atomic E-state index is 12.3. The molecule has 2 heterocycles. The Labute approximate surface area is 155 Å². The number of hydrogen-bond donors (Lipinski definition) is 2. The van der Waals surface area contributed by atoms with Crippen molar-refractivity contribution in [2.24, 2.45) is 0 Å². The van der Waals surface area contributed by atoms with Crippen molar-refractivity contribution in [2.75, 3.05) is 37.6 Å². The van der Waals surface area contributed by atoms with Crippen molar-refractivity contribution in [1.82, 2.24) is 10.2 Å². The molecule has 0 radical (unpaired) electrons. The van der Waals surface area contributed by atoms with E-state index in [0.29, 0.717) is 4.91 Å². The molecule has 0 aromatic heterocycles. The molecule has 8 heteroatoms. The van der Waals surface area contributed by atoms with Crippen molar-refractivity contribution in [3.8, 4) is 0 Å². The number of rotatable bonds is 4. The van der Waals surface area contributed by atoms with Crippen LogP contribution in [0.25, 0.3) is 6.08 Å². The molecule has 25 heavy (non-hydrogen) atoms. The van der Waals surface area contributed by atoms with Crippen LogP contribution in [0.5, 0.6) is 0 Å². The summed E-state index contributed by atoms with van der Waals surface area (Å²) in [6.45, 7) is 3.64. The Morgan fingerprint density at radius 1 is 1.28 bits per heavy atom. The molecule has 1 aromatic rings. The van der Waals surface area contributed by atoms with E-state index in [9.17, 15) is 9.59 Å². The Kier molecular flexibility index (Phi) is 5.72. The van der Waals surface area contributed by atoms with E-state index < -0.39 is 12.5 Å². The lowest BCUT2D eigenvalue weighted by molar-refractivity contribution is -0.140. The lowest BCUT2D eigenvalue weighted by Gasteiger charge is -2.22. The van der Waals surface area contributed by atoms with Crippen molar-refractivity contribution in [3.05, 3.63) is 34.7 Å². The van der Waals surface area contributed by atoms with E-state index in [0.717, 1.165) is 54.8 Å². The van der Waals surface area contributed by atoms with Gasteiger partial charge in [-0.1, -0.05) is 36.1 Å². The molecular formula is C17H19N3O3S2. The fraction of sp³-hybridized carbons (Fsp3) is 0.353. The summed E-state index contributed by atoms with van der Waals surface area (Å²) in [4.78, 5) is 27.0. The summed E-state index contributed by atoms with van der Waals surface area (Å²) < 4.78 is 0.285. The highest BCUT2D eigenvalue weighted by Crippen LogP contribution is 2.32. The number of carbonyl (C=O) groups is 2. The molecule has 6 nitrogen and oxygen atoms in total. The first-order chi connectivity index (χ1) is 12.0. The normalized spacial score (nSPS) is 20.2. The molecule has 0 aliphatic carbocycles. The molecule has 1 amide bonds. The van der Waals surface area contributed by atoms with E-state index in [1.807, 2.05) is 12.1 Å². The number of thioether (sulfide) groups is 1. The summed E-state index contributed by atoms with van der Waals surface area (Å²) in [5.41, 5.74) is 2.06. The molecule has 2 aliphatic rings. The van der Waals surface area contributed by atoms with Crippen LogP contribution in [-0.2, 0) is 9.59 Å². The van der Waals surface area contributed by atoms with Gasteiger partial charge in [-0.15, -0.1) is 0 Å². The molecule has 3 rings (SSSR count). The van der Waals surface area contributed by atoms with Gasteiger partial charge >= 0.3 is 5.97 Å². The zero-order chi connectivity index (χ0) is 17.8. The van der Waals surface area contributed by atoms with Gasteiger partial charge in [-0.25, -0.2) is 0 Å². The number of carbonyl (C=O) groups excluding carboxylic acids is 1. The first-order valence-electron chi connectivity index (χ1n) is 8.07. The minimum Gasteiger partial charge on any atom is -0.480 e. The van der Waals surface area contributed by atoms with Crippen molar-refractivity contribution in [2.45, 2.75) is 6.42 Å². The molecule has 1 aromatic carbocycles. The molecule has 2 fully saturated rings. The van der Waals surface area contributed by atoms with E-state index in [2.05, 4.69) is 22.3 Å². The number of benzene rings is 1. The van der Waals surface area contributed by atoms with Crippen molar-refractivity contribution in [1.29, 1.82) is 0 Å².